The van der Waals surface area contributed by atoms with Gasteiger partial charge >= 0.3 is 0 Å². The van der Waals surface area contributed by atoms with E-state index in [1.807, 2.05) is 49.4 Å². The lowest BCUT2D eigenvalue weighted by Crippen LogP contribution is -2.51. The van der Waals surface area contributed by atoms with Gasteiger partial charge in [-0.25, -0.2) is 4.98 Å². The Morgan fingerprint density at radius 3 is 2.52 bits per heavy atom. The van der Waals surface area contributed by atoms with Crippen LogP contribution in [-0.4, -0.2) is 22.5 Å². The van der Waals surface area contributed by atoms with Gasteiger partial charge in [-0.1, -0.05) is 57.9 Å². The van der Waals surface area contributed by atoms with Crippen LogP contribution in [-0.2, 0) is 11.2 Å². The van der Waals surface area contributed by atoms with Crippen molar-refractivity contribution in [2.45, 2.75) is 44.8 Å². The number of carbonyl (C=O) groups excluding carboxylic acids is 1. The molecule has 0 radical (unpaired) electrons. The number of nitrogens with one attached hydrogen (secondary N) is 1. The molecule has 0 aliphatic heterocycles. The number of amides is 1. The van der Waals surface area contributed by atoms with E-state index in [9.17, 15) is 4.79 Å². The molecule has 1 heterocycles. The van der Waals surface area contributed by atoms with Crippen molar-refractivity contribution < 1.29 is 9.53 Å². The minimum Gasteiger partial charge on any atom is -0.462 e. The summed E-state index contributed by atoms with van der Waals surface area (Å²) in [5, 5.41) is 3.86. The Morgan fingerprint density at radius 1 is 1.13 bits per heavy atom. The van der Waals surface area contributed by atoms with E-state index < -0.39 is 5.60 Å². The van der Waals surface area contributed by atoms with E-state index in [4.69, 9.17) is 16.3 Å². The number of ether oxygens (including phenoxy) is 1. The highest BCUT2D eigenvalue weighted by Crippen LogP contribution is 2.28. The lowest BCUT2D eigenvalue weighted by molar-refractivity contribution is -0.135. The standard InChI is InChI=1S/C25H26BrClN2O2/c1-17(29-24(30)25(2,3)31-23-9-4-5-14-28-23)22(19-7-6-8-20(26)16-19)15-18-10-12-21(27)13-11-18/h4-14,16-17,22H,15H2,1-3H3,(H,29,30). The van der Waals surface area contributed by atoms with E-state index in [1.54, 1.807) is 32.2 Å². The molecule has 3 rings (SSSR count). The van der Waals surface area contributed by atoms with Crippen LogP contribution in [0.15, 0.2) is 77.4 Å². The minimum absolute atomic E-state index is 0.0632. The van der Waals surface area contributed by atoms with Gasteiger partial charge in [0, 0.05) is 33.7 Å². The summed E-state index contributed by atoms with van der Waals surface area (Å²) in [5.41, 5.74) is 1.23. The van der Waals surface area contributed by atoms with E-state index in [0.29, 0.717) is 10.9 Å². The van der Waals surface area contributed by atoms with E-state index in [-0.39, 0.29) is 17.9 Å². The molecule has 6 heteroatoms. The molecular weight excluding hydrogens is 476 g/mol. The quantitative estimate of drug-likeness (QED) is 0.401. The maximum atomic E-state index is 13.1. The fourth-order valence-electron chi connectivity index (χ4n) is 3.39. The molecule has 3 aromatic rings. The van der Waals surface area contributed by atoms with Crippen LogP contribution in [0.2, 0.25) is 5.02 Å². The summed E-state index contributed by atoms with van der Waals surface area (Å²) in [7, 11) is 0. The van der Waals surface area contributed by atoms with Gasteiger partial charge < -0.3 is 10.1 Å². The third kappa shape index (κ3) is 6.55. The molecule has 0 saturated heterocycles. The van der Waals surface area contributed by atoms with Gasteiger partial charge in [-0.15, -0.1) is 0 Å². The Hall–Kier alpha value is -2.37. The smallest absolute Gasteiger partial charge is 0.263 e. The normalized spacial score (nSPS) is 13.3. The van der Waals surface area contributed by atoms with Crippen LogP contribution in [0.3, 0.4) is 0 Å². The molecule has 4 nitrogen and oxygen atoms in total. The van der Waals surface area contributed by atoms with Gasteiger partial charge in [-0.2, -0.15) is 0 Å². The first-order valence-corrected chi connectivity index (χ1v) is 11.3. The van der Waals surface area contributed by atoms with Crippen molar-refractivity contribution in [2.75, 3.05) is 0 Å². The van der Waals surface area contributed by atoms with Gasteiger partial charge in [0.2, 0.25) is 5.88 Å². The highest BCUT2D eigenvalue weighted by atomic mass is 79.9. The summed E-state index contributed by atoms with van der Waals surface area (Å²) >= 11 is 9.61. The molecule has 1 aromatic heterocycles. The minimum atomic E-state index is -1.06. The lowest BCUT2D eigenvalue weighted by atomic mass is 9.86. The first kappa shape index (κ1) is 23.3. The fourth-order valence-corrected chi connectivity index (χ4v) is 3.93. The Bertz CT molecular complexity index is 1010. The zero-order valence-electron chi connectivity index (χ0n) is 17.8. The molecule has 2 unspecified atom stereocenters. The van der Waals surface area contributed by atoms with Crippen molar-refractivity contribution in [3.8, 4) is 5.88 Å². The molecule has 0 fully saturated rings. The topological polar surface area (TPSA) is 51.2 Å². The molecule has 0 saturated carbocycles. The Labute approximate surface area is 197 Å². The van der Waals surface area contributed by atoms with Crippen molar-refractivity contribution >= 4 is 33.4 Å². The van der Waals surface area contributed by atoms with Crippen LogP contribution >= 0.6 is 27.5 Å². The highest BCUT2D eigenvalue weighted by molar-refractivity contribution is 9.10. The molecule has 2 aromatic carbocycles. The number of carbonyl (C=O) groups is 1. The van der Waals surface area contributed by atoms with Crippen molar-refractivity contribution in [1.29, 1.82) is 0 Å². The van der Waals surface area contributed by atoms with E-state index in [2.05, 4.69) is 38.4 Å². The second-order valence-corrected chi connectivity index (χ2v) is 9.39. The molecule has 31 heavy (non-hydrogen) atoms. The third-order valence-electron chi connectivity index (χ3n) is 5.15. The van der Waals surface area contributed by atoms with Crippen LogP contribution in [0, 0.1) is 0 Å². The first-order valence-electron chi connectivity index (χ1n) is 10.2. The Kier molecular flexibility index (Phi) is 7.74. The number of hydrogen-bond acceptors (Lipinski definition) is 3. The molecule has 0 spiro atoms. The predicted octanol–water partition coefficient (Wildman–Crippen LogP) is 6.19. The zero-order valence-corrected chi connectivity index (χ0v) is 20.2. The summed E-state index contributed by atoms with van der Waals surface area (Å²) < 4.78 is 6.86. The van der Waals surface area contributed by atoms with Crippen molar-refractivity contribution in [2.24, 2.45) is 0 Å². The van der Waals surface area contributed by atoms with Crippen molar-refractivity contribution in [3.05, 3.63) is 93.5 Å². The number of halogens is 2. The highest BCUT2D eigenvalue weighted by Gasteiger charge is 2.33. The maximum Gasteiger partial charge on any atom is 0.263 e. The van der Waals surface area contributed by atoms with Crippen LogP contribution in [0.5, 0.6) is 5.88 Å². The van der Waals surface area contributed by atoms with E-state index >= 15 is 0 Å². The van der Waals surface area contributed by atoms with Crippen LogP contribution in [0.1, 0.15) is 37.8 Å². The van der Waals surface area contributed by atoms with Gasteiger partial charge in [-0.05, 0) is 68.7 Å². The van der Waals surface area contributed by atoms with Crippen LogP contribution in [0.25, 0.3) is 0 Å². The van der Waals surface area contributed by atoms with Gasteiger partial charge in [0.1, 0.15) is 0 Å². The maximum absolute atomic E-state index is 13.1. The molecule has 2 atom stereocenters. The molecule has 162 valence electrons. The Morgan fingerprint density at radius 2 is 1.87 bits per heavy atom. The van der Waals surface area contributed by atoms with Crippen LogP contribution < -0.4 is 10.1 Å². The average molecular weight is 502 g/mol. The van der Waals surface area contributed by atoms with E-state index in [0.717, 1.165) is 22.0 Å². The lowest BCUT2D eigenvalue weighted by Gasteiger charge is -2.30. The average Bonchev–Trinajstić information content (AvgIpc) is 2.73. The molecule has 0 aliphatic rings. The SMILES string of the molecule is CC(NC(=O)C(C)(C)Oc1ccccn1)C(Cc1ccc(Cl)cc1)c1cccc(Br)c1. The summed E-state index contributed by atoms with van der Waals surface area (Å²) in [6.07, 6.45) is 2.40. The predicted molar refractivity (Wildman–Crippen MR) is 129 cm³/mol. The van der Waals surface area contributed by atoms with Crippen molar-refractivity contribution in [1.82, 2.24) is 10.3 Å². The van der Waals surface area contributed by atoms with Gasteiger partial charge in [-0.3, -0.25) is 4.79 Å². The first-order chi connectivity index (χ1) is 14.7. The van der Waals surface area contributed by atoms with Gasteiger partial charge in [0.05, 0.1) is 0 Å². The second-order valence-electron chi connectivity index (χ2n) is 8.03. The number of nitrogens with zero attached hydrogens (tertiary/aromatic N) is 1. The van der Waals surface area contributed by atoms with Crippen LogP contribution in [0.4, 0.5) is 0 Å². The second kappa shape index (κ2) is 10.3. The van der Waals surface area contributed by atoms with Gasteiger partial charge in [0.25, 0.3) is 5.91 Å². The summed E-state index contributed by atoms with van der Waals surface area (Å²) in [4.78, 5) is 17.3. The molecular formula is C25H26BrClN2O2. The fraction of sp³-hybridized carbons (Fsp3) is 0.280. The molecule has 1 amide bonds. The van der Waals surface area contributed by atoms with Gasteiger partial charge in [0.15, 0.2) is 5.60 Å². The number of benzene rings is 2. The summed E-state index contributed by atoms with van der Waals surface area (Å²) in [5.74, 6) is 0.287. The summed E-state index contributed by atoms with van der Waals surface area (Å²) in [6, 6.07) is 21.3. The van der Waals surface area contributed by atoms with E-state index in [1.165, 1.54) is 0 Å². The third-order valence-corrected chi connectivity index (χ3v) is 5.90. The largest absolute Gasteiger partial charge is 0.462 e. The van der Waals surface area contributed by atoms with Crippen molar-refractivity contribution in [3.63, 3.8) is 0 Å². The number of hydrogen-bond donors (Lipinski definition) is 1. The number of pyridine rings is 1. The molecule has 1 N–H and O–H groups in total. The monoisotopic (exact) mass is 500 g/mol. The molecule has 0 aliphatic carbocycles. The Balaban J connectivity index is 1.79. The summed E-state index contributed by atoms with van der Waals surface area (Å²) in [6.45, 7) is 5.52. The number of aromatic nitrogens is 1. The molecule has 0 bridgehead atoms. The number of rotatable bonds is 8. The zero-order chi connectivity index (χ0) is 22.4.